The fraction of sp³-hybridized carbons (Fsp3) is 0.158. The number of hydrogen-bond acceptors (Lipinski definition) is 6. The van der Waals surface area contributed by atoms with Crippen molar-refractivity contribution in [2.24, 2.45) is 7.05 Å². The zero-order valence-corrected chi connectivity index (χ0v) is 15.9. The summed E-state index contributed by atoms with van der Waals surface area (Å²) in [6.45, 7) is -0.124. The van der Waals surface area contributed by atoms with Gasteiger partial charge >= 0.3 is 5.76 Å². The molecule has 3 aromatic heterocycles. The number of benzene rings is 1. The number of alkyl halides is 2. The van der Waals surface area contributed by atoms with Crippen LogP contribution in [0.1, 0.15) is 17.7 Å². The van der Waals surface area contributed by atoms with Crippen molar-refractivity contribution in [3.63, 3.8) is 0 Å². The Morgan fingerprint density at radius 2 is 1.87 bits per heavy atom. The molecule has 0 unspecified atom stereocenters. The molecule has 4 rings (SSSR count). The lowest BCUT2D eigenvalue weighted by molar-refractivity contribution is 0.145. The van der Waals surface area contributed by atoms with E-state index >= 15 is 0 Å². The highest BCUT2D eigenvalue weighted by molar-refractivity contribution is 5.53. The molecule has 0 aliphatic rings. The van der Waals surface area contributed by atoms with Gasteiger partial charge in [0.05, 0.1) is 11.9 Å². The van der Waals surface area contributed by atoms with Crippen LogP contribution in [0.3, 0.4) is 0 Å². The highest BCUT2D eigenvalue weighted by Gasteiger charge is 2.22. The van der Waals surface area contributed by atoms with Crippen molar-refractivity contribution in [3.05, 3.63) is 76.0 Å². The Labute approximate surface area is 171 Å². The van der Waals surface area contributed by atoms with Gasteiger partial charge in [-0.15, -0.1) is 5.10 Å². The maximum absolute atomic E-state index is 13.7. The molecule has 0 fully saturated rings. The van der Waals surface area contributed by atoms with Crippen LogP contribution in [0.25, 0.3) is 17.4 Å². The molecule has 0 bridgehead atoms. The van der Waals surface area contributed by atoms with Gasteiger partial charge < -0.3 is 9.73 Å². The minimum absolute atomic E-state index is 0.00892. The smallest absolute Gasteiger partial charge is 0.386 e. The Morgan fingerprint density at radius 1 is 1.13 bits per heavy atom. The number of aryl methyl sites for hydroxylation is 1. The number of anilines is 1. The first-order valence-corrected chi connectivity index (χ1v) is 8.89. The van der Waals surface area contributed by atoms with E-state index in [-0.39, 0.29) is 29.5 Å². The van der Waals surface area contributed by atoms with Crippen LogP contribution >= 0.6 is 0 Å². The molecule has 0 spiro atoms. The molecule has 0 aliphatic carbocycles. The molecular formula is C19H14F4N6O2. The predicted molar refractivity (Wildman–Crippen MR) is 101 cm³/mol. The molecule has 0 radical (unpaired) electrons. The zero-order chi connectivity index (χ0) is 22.1. The second kappa shape index (κ2) is 8.05. The van der Waals surface area contributed by atoms with Crippen LogP contribution in [0, 0.1) is 11.6 Å². The van der Waals surface area contributed by atoms with Crippen LogP contribution in [0.5, 0.6) is 0 Å². The van der Waals surface area contributed by atoms with E-state index in [2.05, 4.69) is 20.5 Å². The first-order valence-electron chi connectivity index (χ1n) is 8.89. The summed E-state index contributed by atoms with van der Waals surface area (Å²) in [7, 11) is 1.35. The molecule has 4 aromatic rings. The summed E-state index contributed by atoms with van der Waals surface area (Å²) >= 11 is 0. The number of aromatic nitrogens is 5. The molecule has 0 saturated carbocycles. The average molecular weight is 434 g/mol. The third-order valence-electron chi connectivity index (χ3n) is 4.36. The van der Waals surface area contributed by atoms with E-state index in [1.807, 2.05) is 0 Å². The zero-order valence-electron chi connectivity index (χ0n) is 15.9. The summed E-state index contributed by atoms with van der Waals surface area (Å²) in [6, 6.07) is 7.60. The first kappa shape index (κ1) is 20.3. The molecule has 12 heteroatoms. The minimum atomic E-state index is -2.87. The first-order chi connectivity index (χ1) is 14.8. The van der Waals surface area contributed by atoms with E-state index < -0.39 is 29.5 Å². The second-order valence-electron chi connectivity index (χ2n) is 6.42. The number of nitrogens with zero attached hydrogens (tertiary/aromatic N) is 5. The summed E-state index contributed by atoms with van der Waals surface area (Å²) < 4.78 is 60.8. The van der Waals surface area contributed by atoms with Gasteiger partial charge in [0.15, 0.2) is 5.82 Å². The fourth-order valence-electron chi connectivity index (χ4n) is 2.79. The third kappa shape index (κ3) is 4.04. The lowest BCUT2D eigenvalue weighted by Crippen LogP contribution is -2.09. The van der Waals surface area contributed by atoms with Crippen LogP contribution < -0.4 is 11.1 Å². The molecule has 0 aliphatic heterocycles. The van der Waals surface area contributed by atoms with Gasteiger partial charge in [0.2, 0.25) is 0 Å². The number of hydrogen-bond donors (Lipinski definition) is 1. The molecule has 31 heavy (non-hydrogen) atoms. The Morgan fingerprint density at radius 3 is 2.45 bits per heavy atom. The van der Waals surface area contributed by atoms with Gasteiger partial charge in [-0.2, -0.15) is 9.78 Å². The maximum atomic E-state index is 13.7. The summed E-state index contributed by atoms with van der Waals surface area (Å²) in [5, 5.41) is 10.5. The van der Waals surface area contributed by atoms with Crippen LogP contribution in [-0.2, 0) is 13.6 Å². The molecule has 1 N–H and O–H groups in total. The summed E-state index contributed by atoms with van der Waals surface area (Å²) in [6.07, 6.45) is -1.53. The molecule has 3 heterocycles. The number of pyridine rings is 1. The quantitative estimate of drug-likeness (QED) is 0.468. The third-order valence-corrected chi connectivity index (χ3v) is 4.36. The Balaban J connectivity index is 1.62. The Kier molecular flexibility index (Phi) is 5.28. The average Bonchev–Trinajstić information content (AvgIpc) is 3.32. The van der Waals surface area contributed by atoms with Crippen molar-refractivity contribution in [1.29, 1.82) is 0 Å². The van der Waals surface area contributed by atoms with Gasteiger partial charge in [-0.25, -0.2) is 32.0 Å². The number of halogens is 4. The Hall–Kier alpha value is -3.96. The maximum Gasteiger partial charge on any atom is 0.437 e. The van der Waals surface area contributed by atoms with Crippen molar-refractivity contribution in [3.8, 4) is 17.4 Å². The highest BCUT2D eigenvalue weighted by atomic mass is 19.3. The van der Waals surface area contributed by atoms with Crippen molar-refractivity contribution in [1.82, 2.24) is 24.5 Å². The lowest BCUT2D eigenvalue weighted by Gasteiger charge is -2.09. The van der Waals surface area contributed by atoms with Gasteiger partial charge in [-0.05, 0) is 30.3 Å². The molecule has 0 amide bonds. The van der Waals surface area contributed by atoms with E-state index in [1.54, 1.807) is 0 Å². The largest absolute Gasteiger partial charge is 0.437 e. The summed E-state index contributed by atoms with van der Waals surface area (Å²) in [4.78, 5) is 15.7. The van der Waals surface area contributed by atoms with Crippen LogP contribution in [0.2, 0.25) is 0 Å². The van der Waals surface area contributed by atoms with E-state index in [4.69, 9.17) is 4.42 Å². The van der Waals surface area contributed by atoms with Crippen molar-refractivity contribution in [2.75, 3.05) is 5.32 Å². The van der Waals surface area contributed by atoms with E-state index in [0.29, 0.717) is 5.69 Å². The summed E-state index contributed by atoms with van der Waals surface area (Å²) in [5.74, 6) is -2.21. The molecule has 0 atom stereocenters. The minimum Gasteiger partial charge on any atom is -0.386 e. The Bertz CT molecular complexity index is 1260. The van der Waals surface area contributed by atoms with Crippen molar-refractivity contribution >= 4 is 5.69 Å². The van der Waals surface area contributed by atoms with Crippen LogP contribution in [0.15, 0.2) is 51.8 Å². The van der Waals surface area contributed by atoms with Gasteiger partial charge in [-0.1, -0.05) is 6.07 Å². The number of nitrogens with one attached hydrogen (secondary N) is 1. The van der Waals surface area contributed by atoms with Crippen LogP contribution in [-0.4, -0.2) is 24.5 Å². The normalized spacial score (nSPS) is 11.3. The molecule has 1 aromatic carbocycles. The highest BCUT2D eigenvalue weighted by Crippen LogP contribution is 2.26. The van der Waals surface area contributed by atoms with Crippen molar-refractivity contribution in [2.45, 2.75) is 13.0 Å². The van der Waals surface area contributed by atoms with Gasteiger partial charge in [0, 0.05) is 19.2 Å². The van der Waals surface area contributed by atoms with Gasteiger partial charge in [0.25, 0.3) is 12.3 Å². The number of rotatable bonds is 6. The van der Waals surface area contributed by atoms with Crippen LogP contribution in [0.4, 0.5) is 23.2 Å². The van der Waals surface area contributed by atoms with E-state index in [1.165, 1.54) is 31.4 Å². The lowest BCUT2D eigenvalue weighted by atomic mass is 10.2. The molecule has 8 nitrogen and oxygen atoms in total. The predicted octanol–water partition coefficient (Wildman–Crippen LogP) is 3.45. The molecular weight excluding hydrogens is 420 g/mol. The second-order valence-corrected chi connectivity index (χ2v) is 6.42. The van der Waals surface area contributed by atoms with Gasteiger partial charge in [0.1, 0.15) is 23.0 Å². The standard InChI is InChI=1S/C19H14F4N6O2/c1-28-19(30)31-18(27-28)15-7-14(17(22)23)26-29(15)16-6-5-10(8-25-16)24-9-11-12(20)3-2-4-13(11)21/h2-8,17,24H,9H2,1H3. The molecule has 0 saturated heterocycles. The monoisotopic (exact) mass is 434 g/mol. The topological polar surface area (TPSA) is 90.8 Å². The summed E-state index contributed by atoms with van der Waals surface area (Å²) in [5.41, 5.74) is -0.247. The molecule has 160 valence electrons. The fourth-order valence-corrected chi connectivity index (χ4v) is 2.79. The SMILES string of the molecule is Cn1nc(-c2cc(C(F)F)nn2-c2ccc(NCc3c(F)cccc3F)cn2)oc1=O. The van der Waals surface area contributed by atoms with E-state index in [9.17, 15) is 22.4 Å². The van der Waals surface area contributed by atoms with E-state index in [0.717, 1.165) is 27.6 Å². The van der Waals surface area contributed by atoms with Gasteiger partial charge in [-0.3, -0.25) is 0 Å². The van der Waals surface area contributed by atoms with Crippen molar-refractivity contribution < 1.29 is 22.0 Å².